The summed E-state index contributed by atoms with van der Waals surface area (Å²) in [5.41, 5.74) is 1.87. The number of carbonyl (C=O) groups excluding carboxylic acids is 1. The predicted molar refractivity (Wildman–Crippen MR) is 120 cm³/mol. The van der Waals surface area contributed by atoms with E-state index in [9.17, 15) is 19.2 Å². The molecule has 0 fully saturated rings. The molecule has 174 valence electrons. The van der Waals surface area contributed by atoms with Crippen LogP contribution in [-0.2, 0) is 20.8 Å². The van der Waals surface area contributed by atoms with Crippen LogP contribution in [0.3, 0.4) is 0 Å². The van der Waals surface area contributed by atoms with Crippen LogP contribution in [0, 0.1) is 6.92 Å². The normalized spacial score (nSPS) is 11.8. The molecule has 33 heavy (non-hydrogen) atoms. The summed E-state index contributed by atoms with van der Waals surface area (Å²) in [5, 5.41) is 22.9. The quantitative estimate of drug-likeness (QED) is 0.402. The van der Waals surface area contributed by atoms with Crippen molar-refractivity contribution in [2.75, 3.05) is 6.61 Å². The maximum atomic E-state index is 13.0. The van der Waals surface area contributed by atoms with E-state index in [2.05, 4.69) is 10.3 Å². The fourth-order valence-corrected chi connectivity index (χ4v) is 3.94. The summed E-state index contributed by atoms with van der Waals surface area (Å²) in [6.45, 7) is 3.20. The largest absolute Gasteiger partial charge is 0.483 e. The molecule has 1 aromatic carbocycles. The van der Waals surface area contributed by atoms with E-state index in [0.29, 0.717) is 33.7 Å². The van der Waals surface area contributed by atoms with Gasteiger partial charge in [0.1, 0.15) is 28.6 Å². The van der Waals surface area contributed by atoms with Crippen LogP contribution in [0.15, 0.2) is 33.0 Å². The van der Waals surface area contributed by atoms with E-state index in [4.69, 9.17) is 19.4 Å². The summed E-state index contributed by atoms with van der Waals surface area (Å²) in [6.07, 6.45) is 1.19. The lowest BCUT2D eigenvalue weighted by molar-refractivity contribution is -0.143. The van der Waals surface area contributed by atoms with E-state index in [0.717, 1.165) is 5.69 Å². The van der Waals surface area contributed by atoms with E-state index in [-0.39, 0.29) is 17.4 Å². The number of carboxylic acids is 2. The zero-order valence-electron chi connectivity index (χ0n) is 17.9. The van der Waals surface area contributed by atoms with Crippen LogP contribution in [0.25, 0.3) is 21.5 Å². The van der Waals surface area contributed by atoms with Crippen LogP contribution in [0.4, 0.5) is 0 Å². The van der Waals surface area contributed by atoms with Crippen molar-refractivity contribution in [1.82, 2.24) is 10.3 Å². The minimum Gasteiger partial charge on any atom is -0.483 e. The minimum absolute atomic E-state index is 0.229. The van der Waals surface area contributed by atoms with Crippen LogP contribution in [0.5, 0.6) is 5.75 Å². The molecule has 0 radical (unpaired) electrons. The third-order valence-corrected chi connectivity index (χ3v) is 5.82. The van der Waals surface area contributed by atoms with E-state index < -0.39 is 36.9 Å². The molecule has 0 saturated heterocycles. The van der Waals surface area contributed by atoms with Gasteiger partial charge in [0.05, 0.1) is 10.9 Å². The Hall–Kier alpha value is -3.73. The highest BCUT2D eigenvalue weighted by molar-refractivity contribution is 7.13. The lowest BCUT2D eigenvalue weighted by Gasteiger charge is -2.15. The topological polar surface area (TPSA) is 156 Å². The van der Waals surface area contributed by atoms with Crippen molar-refractivity contribution in [1.29, 1.82) is 0 Å². The Labute approximate surface area is 191 Å². The van der Waals surface area contributed by atoms with Crippen molar-refractivity contribution >= 4 is 40.2 Å². The van der Waals surface area contributed by atoms with Gasteiger partial charge in [0.15, 0.2) is 6.61 Å². The molecule has 0 aliphatic carbocycles. The molecule has 2 aromatic heterocycles. The van der Waals surface area contributed by atoms with Crippen molar-refractivity contribution in [3.63, 3.8) is 0 Å². The predicted octanol–water partition coefficient (Wildman–Crippen LogP) is 2.60. The van der Waals surface area contributed by atoms with Crippen molar-refractivity contribution in [2.45, 2.75) is 39.2 Å². The van der Waals surface area contributed by atoms with Crippen LogP contribution in [-0.4, -0.2) is 45.7 Å². The smallest absolute Gasteiger partial charge is 0.326 e. The molecule has 1 atom stereocenters. The lowest BCUT2D eigenvalue weighted by Crippen LogP contribution is -2.43. The molecule has 2 heterocycles. The molecular formula is C22H22N2O8S. The van der Waals surface area contributed by atoms with E-state index in [1.807, 2.05) is 19.2 Å². The average Bonchev–Trinajstić information content (AvgIpc) is 3.20. The number of amides is 1. The molecule has 0 aliphatic heterocycles. The first-order chi connectivity index (χ1) is 15.7. The molecule has 0 unspecified atom stereocenters. The Morgan fingerprint density at radius 1 is 1.27 bits per heavy atom. The van der Waals surface area contributed by atoms with Crippen molar-refractivity contribution < 1.29 is 33.8 Å². The molecule has 3 N–H and O–H groups in total. The number of carbonyl (C=O) groups is 3. The molecule has 0 aliphatic rings. The average molecular weight is 474 g/mol. The molecule has 0 saturated carbocycles. The zero-order valence-corrected chi connectivity index (χ0v) is 18.7. The number of carboxylic acid groups (broad SMARTS) is 2. The summed E-state index contributed by atoms with van der Waals surface area (Å²) in [7, 11) is 0. The van der Waals surface area contributed by atoms with Crippen molar-refractivity contribution in [3.8, 4) is 16.3 Å². The van der Waals surface area contributed by atoms with Crippen LogP contribution in [0.1, 0.15) is 31.0 Å². The van der Waals surface area contributed by atoms with Crippen molar-refractivity contribution in [2.24, 2.45) is 0 Å². The first-order valence-electron chi connectivity index (χ1n) is 10.1. The first kappa shape index (κ1) is 23.9. The van der Waals surface area contributed by atoms with Gasteiger partial charge in [-0.3, -0.25) is 14.4 Å². The number of aromatic nitrogens is 1. The fraction of sp³-hybridized carbons (Fsp3) is 0.318. The van der Waals surface area contributed by atoms with Gasteiger partial charge in [0.25, 0.3) is 5.91 Å². The number of ether oxygens (including phenoxy) is 1. The molecule has 3 rings (SSSR count). The highest BCUT2D eigenvalue weighted by Gasteiger charge is 2.22. The molecule has 1 amide bonds. The van der Waals surface area contributed by atoms with Gasteiger partial charge in [0.2, 0.25) is 5.43 Å². The second-order valence-electron chi connectivity index (χ2n) is 7.26. The van der Waals surface area contributed by atoms with Gasteiger partial charge in [-0.05, 0) is 31.4 Å². The lowest BCUT2D eigenvalue weighted by atomic mass is 10.1. The number of rotatable bonds is 10. The molecule has 10 nitrogen and oxygen atoms in total. The van der Waals surface area contributed by atoms with Gasteiger partial charge in [-0.2, -0.15) is 0 Å². The number of fused-ring (bicyclic) bond motifs is 1. The van der Waals surface area contributed by atoms with Gasteiger partial charge < -0.3 is 24.7 Å². The third-order valence-electron chi connectivity index (χ3n) is 4.82. The Morgan fingerprint density at radius 3 is 2.64 bits per heavy atom. The Balaban J connectivity index is 1.79. The van der Waals surface area contributed by atoms with E-state index in [1.165, 1.54) is 23.7 Å². The van der Waals surface area contributed by atoms with Gasteiger partial charge in [-0.15, -0.1) is 11.3 Å². The Bertz CT molecular complexity index is 1260. The number of hydrogen-bond donors (Lipinski definition) is 3. The number of nitrogens with one attached hydrogen (secondary N) is 1. The SMILES string of the molecule is CCc1cc2c(=O)c(-c3nc(C)cs3)coc2cc1OCC(=O)N[C@@H](CCC(=O)O)C(=O)O. The molecule has 0 bridgehead atoms. The first-order valence-corrected chi connectivity index (χ1v) is 10.9. The number of thiazole rings is 1. The molecule has 0 spiro atoms. The number of aliphatic carboxylic acids is 2. The van der Waals surface area contributed by atoms with E-state index in [1.54, 1.807) is 6.07 Å². The summed E-state index contributed by atoms with van der Waals surface area (Å²) in [5.74, 6) is -2.90. The number of hydrogen-bond acceptors (Lipinski definition) is 8. The second-order valence-corrected chi connectivity index (χ2v) is 8.12. The Morgan fingerprint density at radius 2 is 2.03 bits per heavy atom. The van der Waals surface area contributed by atoms with Gasteiger partial charge >= 0.3 is 11.9 Å². The molecular weight excluding hydrogens is 452 g/mol. The van der Waals surface area contributed by atoms with Crippen LogP contribution < -0.4 is 15.5 Å². The maximum absolute atomic E-state index is 13.0. The molecule has 3 aromatic rings. The molecule has 11 heteroatoms. The third kappa shape index (κ3) is 5.75. The van der Waals surface area contributed by atoms with Crippen LogP contribution in [0.2, 0.25) is 0 Å². The summed E-state index contributed by atoms with van der Waals surface area (Å²) >= 11 is 1.35. The Kier molecular flexibility index (Phi) is 7.44. The van der Waals surface area contributed by atoms with Gasteiger partial charge in [0, 0.05) is 23.6 Å². The minimum atomic E-state index is -1.34. The highest BCUT2D eigenvalue weighted by Crippen LogP contribution is 2.28. The number of benzene rings is 1. The summed E-state index contributed by atoms with van der Waals surface area (Å²) < 4.78 is 11.2. The van der Waals surface area contributed by atoms with Crippen molar-refractivity contribution in [3.05, 3.63) is 45.3 Å². The standard InChI is InChI=1S/C22H22N2O8S/c1-3-12-6-13-17(31-8-14(20(13)28)21-23-11(2)10-33-21)7-16(12)32-9-18(25)24-15(22(29)30)4-5-19(26)27/h6-8,10,15H,3-5,9H2,1-2H3,(H,24,25)(H,26,27)(H,29,30)/t15-/m0/s1. The second kappa shape index (κ2) is 10.3. The zero-order chi connectivity index (χ0) is 24.1. The van der Waals surface area contributed by atoms with Gasteiger partial charge in [-0.1, -0.05) is 6.92 Å². The van der Waals surface area contributed by atoms with Gasteiger partial charge in [-0.25, -0.2) is 9.78 Å². The number of nitrogens with zero attached hydrogens (tertiary/aromatic N) is 1. The fourth-order valence-electron chi connectivity index (χ4n) is 3.14. The summed E-state index contributed by atoms with van der Waals surface area (Å²) in [6, 6.07) is 1.81. The number of aryl methyl sites for hydroxylation is 2. The van der Waals surface area contributed by atoms with E-state index >= 15 is 0 Å². The summed E-state index contributed by atoms with van der Waals surface area (Å²) in [4.78, 5) is 51.4. The highest BCUT2D eigenvalue weighted by atomic mass is 32.1. The van der Waals surface area contributed by atoms with Crippen LogP contribution >= 0.6 is 11.3 Å². The maximum Gasteiger partial charge on any atom is 0.326 e. The monoisotopic (exact) mass is 474 g/mol.